The van der Waals surface area contributed by atoms with E-state index in [0.29, 0.717) is 6.42 Å². The molecule has 144 valence electrons. The highest BCUT2D eigenvalue weighted by atomic mass is 16.2. The van der Waals surface area contributed by atoms with Gasteiger partial charge >= 0.3 is 0 Å². The standard InChI is InChI=1S/C22H34N2O2/c1-2-3-4-5-6-7-8-9-10-11-12-13-14-15-16-17-18-19-22(26)24-20-21(23)25/h3-4,6-7,9-10,12-13,15-16H,2,5,8,11,14,17-20H2,1H3,(H2,23,25)(H,24,26)/b4-3-,7-6-,10-9-,13-12-,16-15-. The fraction of sp³-hybridized carbons (Fsp3) is 0.455. The van der Waals surface area contributed by atoms with Crippen molar-refractivity contribution >= 4 is 11.8 Å². The topological polar surface area (TPSA) is 72.2 Å². The van der Waals surface area contributed by atoms with E-state index in [-0.39, 0.29) is 12.5 Å². The lowest BCUT2D eigenvalue weighted by Gasteiger charge is -2.00. The molecule has 0 radical (unpaired) electrons. The SMILES string of the molecule is CC/C=C\C/C=C\C/C=C\C/C=C\C/C=C\CCCC(=O)NCC(N)=O. The molecule has 4 heteroatoms. The summed E-state index contributed by atoms with van der Waals surface area (Å²) in [5.74, 6) is -0.646. The highest BCUT2D eigenvalue weighted by Gasteiger charge is 2.00. The number of amides is 2. The Morgan fingerprint density at radius 3 is 1.69 bits per heavy atom. The van der Waals surface area contributed by atoms with Crippen LogP contribution in [0.1, 0.15) is 58.3 Å². The van der Waals surface area contributed by atoms with E-state index in [1.807, 2.05) is 0 Å². The maximum absolute atomic E-state index is 11.3. The van der Waals surface area contributed by atoms with E-state index in [1.54, 1.807) is 0 Å². The number of primary amides is 1. The van der Waals surface area contributed by atoms with Crippen LogP contribution >= 0.6 is 0 Å². The van der Waals surface area contributed by atoms with Crippen LogP contribution in [0.5, 0.6) is 0 Å². The number of allylic oxidation sites excluding steroid dienone is 10. The van der Waals surface area contributed by atoms with E-state index in [2.05, 4.69) is 73.0 Å². The van der Waals surface area contributed by atoms with Crippen molar-refractivity contribution in [3.63, 3.8) is 0 Å². The van der Waals surface area contributed by atoms with Gasteiger partial charge in [-0.2, -0.15) is 0 Å². The normalized spacial score (nSPS) is 12.3. The van der Waals surface area contributed by atoms with Gasteiger partial charge in [-0.3, -0.25) is 9.59 Å². The highest BCUT2D eigenvalue weighted by molar-refractivity contribution is 5.83. The molecule has 26 heavy (non-hydrogen) atoms. The molecule has 0 aromatic heterocycles. The van der Waals surface area contributed by atoms with Crippen LogP contribution in [0.4, 0.5) is 0 Å². The molecule has 0 fully saturated rings. The summed E-state index contributed by atoms with van der Waals surface area (Å²) in [7, 11) is 0. The van der Waals surface area contributed by atoms with E-state index in [4.69, 9.17) is 5.73 Å². The van der Waals surface area contributed by atoms with Crippen LogP contribution in [-0.2, 0) is 9.59 Å². The number of hydrogen-bond acceptors (Lipinski definition) is 2. The van der Waals surface area contributed by atoms with Crippen molar-refractivity contribution in [2.24, 2.45) is 5.73 Å². The van der Waals surface area contributed by atoms with Gasteiger partial charge in [0.15, 0.2) is 0 Å². The lowest BCUT2D eigenvalue weighted by atomic mass is 10.2. The Hall–Kier alpha value is -2.36. The van der Waals surface area contributed by atoms with E-state index in [1.165, 1.54) is 0 Å². The minimum absolute atomic E-state index is 0.0828. The minimum Gasteiger partial charge on any atom is -0.368 e. The number of carbonyl (C=O) groups is 2. The molecule has 0 aliphatic carbocycles. The van der Waals surface area contributed by atoms with Crippen molar-refractivity contribution in [2.45, 2.75) is 58.3 Å². The molecule has 0 spiro atoms. The van der Waals surface area contributed by atoms with E-state index in [0.717, 1.165) is 44.9 Å². The second-order valence-corrected chi connectivity index (χ2v) is 5.84. The molecule has 0 aromatic carbocycles. The van der Waals surface area contributed by atoms with Gasteiger partial charge < -0.3 is 11.1 Å². The first-order chi connectivity index (χ1) is 12.7. The Labute approximate surface area is 158 Å². The number of rotatable bonds is 15. The van der Waals surface area contributed by atoms with Crippen molar-refractivity contribution in [2.75, 3.05) is 6.54 Å². The third-order valence-electron chi connectivity index (χ3n) is 3.39. The fourth-order valence-corrected chi connectivity index (χ4v) is 2.02. The Morgan fingerprint density at radius 2 is 1.23 bits per heavy atom. The maximum Gasteiger partial charge on any atom is 0.236 e. The number of nitrogens with one attached hydrogen (secondary N) is 1. The van der Waals surface area contributed by atoms with Gasteiger partial charge in [-0.25, -0.2) is 0 Å². The monoisotopic (exact) mass is 358 g/mol. The van der Waals surface area contributed by atoms with E-state index < -0.39 is 5.91 Å². The molecule has 0 atom stereocenters. The molecular formula is C22H34N2O2. The van der Waals surface area contributed by atoms with Crippen LogP contribution < -0.4 is 11.1 Å². The van der Waals surface area contributed by atoms with Crippen LogP contribution in [0.2, 0.25) is 0 Å². The Kier molecular flexibility index (Phi) is 17.2. The molecule has 0 rings (SSSR count). The predicted octanol–water partition coefficient (Wildman–Crippen LogP) is 4.51. The molecule has 0 aliphatic rings. The number of hydrogen-bond donors (Lipinski definition) is 2. The van der Waals surface area contributed by atoms with Crippen molar-refractivity contribution in [1.29, 1.82) is 0 Å². The molecule has 0 unspecified atom stereocenters. The summed E-state index contributed by atoms with van der Waals surface area (Å²) in [6.45, 7) is 2.06. The van der Waals surface area contributed by atoms with Gasteiger partial charge in [0.1, 0.15) is 0 Å². The minimum atomic E-state index is -0.517. The van der Waals surface area contributed by atoms with Crippen LogP contribution in [0.3, 0.4) is 0 Å². The van der Waals surface area contributed by atoms with Crippen LogP contribution in [0.15, 0.2) is 60.8 Å². The third kappa shape index (κ3) is 19.7. The smallest absolute Gasteiger partial charge is 0.236 e. The summed E-state index contributed by atoms with van der Waals surface area (Å²) in [6.07, 6.45) is 28.6. The Balaban J connectivity index is 3.53. The number of carbonyl (C=O) groups excluding carboxylic acids is 2. The number of nitrogens with two attached hydrogens (primary N) is 1. The second kappa shape index (κ2) is 19.0. The quantitative estimate of drug-likeness (QED) is 0.334. The first kappa shape index (κ1) is 23.6. The fourth-order valence-electron chi connectivity index (χ4n) is 2.02. The van der Waals surface area contributed by atoms with Gasteiger partial charge in [0.05, 0.1) is 6.54 Å². The second-order valence-electron chi connectivity index (χ2n) is 5.84. The summed E-state index contributed by atoms with van der Waals surface area (Å²) in [4.78, 5) is 21.9. The first-order valence-corrected chi connectivity index (χ1v) is 9.46. The van der Waals surface area contributed by atoms with Gasteiger partial charge in [0.25, 0.3) is 0 Å². The summed E-state index contributed by atoms with van der Waals surface area (Å²) in [6, 6.07) is 0. The van der Waals surface area contributed by atoms with Crippen LogP contribution in [-0.4, -0.2) is 18.4 Å². The molecule has 0 saturated carbocycles. The summed E-state index contributed by atoms with van der Waals surface area (Å²) in [5.41, 5.74) is 4.96. The average molecular weight is 359 g/mol. The molecule has 3 N–H and O–H groups in total. The molecule has 0 saturated heterocycles. The molecule has 2 amide bonds. The van der Waals surface area contributed by atoms with Crippen LogP contribution in [0, 0.1) is 0 Å². The molecule has 0 aliphatic heterocycles. The van der Waals surface area contributed by atoms with Crippen molar-refractivity contribution < 1.29 is 9.59 Å². The zero-order valence-electron chi connectivity index (χ0n) is 16.0. The summed E-state index contributed by atoms with van der Waals surface area (Å²) < 4.78 is 0. The molecule has 0 bridgehead atoms. The lowest BCUT2D eigenvalue weighted by Crippen LogP contribution is -2.33. The van der Waals surface area contributed by atoms with Crippen LogP contribution in [0.25, 0.3) is 0 Å². The van der Waals surface area contributed by atoms with Crippen molar-refractivity contribution in [3.8, 4) is 0 Å². The Bertz CT molecular complexity index is 514. The maximum atomic E-state index is 11.3. The summed E-state index contributed by atoms with van der Waals surface area (Å²) >= 11 is 0. The van der Waals surface area contributed by atoms with Crippen molar-refractivity contribution in [1.82, 2.24) is 5.32 Å². The largest absolute Gasteiger partial charge is 0.368 e. The molecular weight excluding hydrogens is 324 g/mol. The van der Waals surface area contributed by atoms with Gasteiger partial charge in [-0.15, -0.1) is 0 Å². The lowest BCUT2D eigenvalue weighted by molar-refractivity contribution is -0.124. The third-order valence-corrected chi connectivity index (χ3v) is 3.39. The van der Waals surface area contributed by atoms with E-state index in [9.17, 15) is 9.59 Å². The van der Waals surface area contributed by atoms with E-state index >= 15 is 0 Å². The average Bonchev–Trinajstić information content (AvgIpc) is 2.62. The van der Waals surface area contributed by atoms with Gasteiger partial charge in [0, 0.05) is 6.42 Å². The number of unbranched alkanes of at least 4 members (excludes halogenated alkanes) is 1. The molecule has 0 aromatic rings. The van der Waals surface area contributed by atoms with Gasteiger partial charge in [0.2, 0.25) is 11.8 Å². The zero-order chi connectivity index (χ0) is 19.3. The zero-order valence-corrected chi connectivity index (χ0v) is 16.0. The highest BCUT2D eigenvalue weighted by Crippen LogP contribution is 1.99. The van der Waals surface area contributed by atoms with Gasteiger partial charge in [-0.05, 0) is 44.9 Å². The Morgan fingerprint density at radius 1 is 0.769 bits per heavy atom. The van der Waals surface area contributed by atoms with Gasteiger partial charge in [-0.1, -0.05) is 67.7 Å². The first-order valence-electron chi connectivity index (χ1n) is 9.46. The molecule has 4 nitrogen and oxygen atoms in total. The summed E-state index contributed by atoms with van der Waals surface area (Å²) in [5, 5.41) is 2.47. The molecule has 0 heterocycles. The van der Waals surface area contributed by atoms with Crippen molar-refractivity contribution in [3.05, 3.63) is 60.8 Å². The predicted molar refractivity (Wildman–Crippen MR) is 111 cm³/mol.